The first-order valence-electron chi connectivity index (χ1n) is 11.5. The van der Waals surface area contributed by atoms with E-state index in [9.17, 15) is 9.59 Å². The van der Waals surface area contributed by atoms with Gasteiger partial charge in [0.2, 0.25) is 0 Å². The van der Waals surface area contributed by atoms with Crippen LogP contribution in [0.3, 0.4) is 0 Å². The Morgan fingerprint density at radius 3 is 2.50 bits per heavy atom. The molecule has 1 aliphatic heterocycles. The van der Waals surface area contributed by atoms with E-state index < -0.39 is 5.69 Å². The van der Waals surface area contributed by atoms with Crippen molar-refractivity contribution in [3.05, 3.63) is 52.6 Å². The van der Waals surface area contributed by atoms with Crippen molar-refractivity contribution in [3.8, 4) is 5.69 Å². The van der Waals surface area contributed by atoms with Crippen LogP contribution in [0.2, 0.25) is 0 Å². The second kappa shape index (κ2) is 10.7. The van der Waals surface area contributed by atoms with Crippen molar-refractivity contribution in [2.75, 3.05) is 38.0 Å². The predicted molar refractivity (Wildman–Crippen MR) is 125 cm³/mol. The summed E-state index contributed by atoms with van der Waals surface area (Å²) in [5, 5.41) is 9.54. The molecule has 172 valence electrons. The third-order valence-corrected chi connectivity index (χ3v) is 6.28. The molecule has 0 unspecified atom stereocenters. The van der Waals surface area contributed by atoms with E-state index in [0.717, 1.165) is 57.4 Å². The fraction of sp³-hybridized carbons (Fsp3) is 0.522. The highest BCUT2D eigenvalue weighted by atomic mass is 16.2. The first-order valence-corrected chi connectivity index (χ1v) is 11.5. The maximum absolute atomic E-state index is 12.5. The summed E-state index contributed by atoms with van der Waals surface area (Å²) in [5.74, 6) is 0.265. The van der Waals surface area contributed by atoms with Gasteiger partial charge in [0.25, 0.3) is 0 Å². The summed E-state index contributed by atoms with van der Waals surface area (Å²) in [6.45, 7) is 3.75. The number of carbonyl (C=O) groups is 1. The van der Waals surface area contributed by atoms with Gasteiger partial charge in [-0.25, -0.2) is 9.59 Å². The molecule has 0 spiro atoms. The first-order chi connectivity index (χ1) is 15.6. The SMILES string of the molecule is N[C@H]1CC[C@H](NCCc2ccc(-n3ccc(NC(=O)N4CCNCC4)nc3=O)cc2)CC1. The molecule has 0 radical (unpaired) electrons. The number of amides is 2. The lowest BCUT2D eigenvalue weighted by atomic mass is 9.92. The van der Waals surface area contributed by atoms with Gasteiger partial charge in [-0.15, -0.1) is 0 Å². The van der Waals surface area contributed by atoms with E-state index in [0.29, 0.717) is 25.2 Å². The normalized spacial score (nSPS) is 21.3. The number of piperazine rings is 1. The standard InChI is InChI=1S/C23H33N7O2/c24-18-3-5-19(6-4-18)26-11-9-17-1-7-20(8-2-17)30-14-10-21(28-23(30)32)27-22(31)29-15-12-25-13-16-29/h1-2,7-8,10,14,18-19,25-26H,3-6,9,11-13,15-16,24H2,(H,27,28,31,32)/t18-,19-. The number of urea groups is 1. The summed E-state index contributed by atoms with van der Waals surface area (Å²) in [6.07, 6.45) is 7.10. The fourth-order valence-corrected chi connectivity index (χ4v) is 4.29. The number of nitrogens with two attached hydrogens (primary N) is 1. The van der Waals surface area contributed by atoms with Gasteiger partial charge in [0.05, 0.1) is 5.69 Å². The van der Waals surface area contributed by atoms with Gasteiger partial charge in [-0.1, -0.05) is 12.1 Å². The number of hydrogen-bond acceptors (Lipinski definition) is 6. The molecule has 4 rings (SSSR count). The number of rotatable bonds is 6. The number of nitrogens with one attached hydrogen (secondary N) is 3. The number of benzene rings is 1. The van der Waals surface area contributed by atoms with Gasteiger partial charge in [0, 0.05) is 44.5 Å². The van der Waals surface area contributed by atoms with Gasteiger partial charge < -0.3 is 21.3 Å². The van der Waals surface area contributed by atoms with Crippen LogP contribution in [0.15, 0.2) is 41.3 Å². The van der Waals surface area contributed by atoms with Crippen LogP contribution in [0.25, 0.3) is 5.69 Å². The van der Waals surface area contributed by atoms with Crippen molar-refractivity contribution in [3.63, 3.8) is 0 Å². The summed E-state index contributed by atoms with van der Waals surface area (Å²) in [5.41, 5.74) is 7.52. The molecule has 0 bridgehead atoms. The topological polar surface area (TPSA) is 117 Å². The molecule has 1 aromatic carbocycles. The van der Waals surface area contributed by atoms with Crippen LogP contribution in [-0.2, 0) is 6.42 Å². The van der Waals surface area contributed by atoms with E-state index in [1.54, 1.807) is 17.2 Å². The Bertz CT molecular complexity index is 946. The van der Waals surface area contributed by atoms with Gasteiger partial charge in [0.1, 0.15) is 5.82 Å². The minimum absolute atomic E-state index is 0.231. The van der Waals surface area contributed by atoms with Crippen molar-refractivity contribution < 1.29 is 4.79 Å². The summed E-state index contributed by atoms with van der Waals surface area (Å²) >= 11 is 0. The predicted octanol–water partition coefficient (Wildman–Crippen LogP) is 1.07. The zero-order valence-electron chi connectivity index (χ0n) is 18.4. The zero-order valence-corrected chi connectivity index (χ0v) is 18.4. The highest BCUT2D eigenvalue weighted by Gasteiger charge is 2.18. The molecule has 2 aromatic rings. The van der Waals surface area contributed by atoms with E-state index in [2.05, 4.69) is 20.9 Å². The molecule has 2 amide bonds. The second-order valence-corrected chi connectivity index (χ2v) is 8.61. The Kier molecular flexibility index (Phi) is 7.51. The number of carbonyl (C=O) groups excluding carboxylic acids is 1. The van der Waals surface area contributed by atoms with Crippen LogP contribution in [0, 0.1) is 0 Å². The van der Waals surface area contributed by atoms with Gasteiger partial charge in [-0.2, -0.15) is 4.98 Å². The van der Waals surface area contributed by atoms with Crippen LogP contribution in [0.5, 0.6) is 0 Å². The third kappa shape index (κ3) is 5.93. The molecule has 0 atom stereocenters. The molecular weight excluding hydrogens is 406 g/mol. The van der Waals surface area contributed by atoms with Crippen LogP contribution in [0.4, 0.5) is 10.6 Å². The largest absolute Gasteiger partial charge is 0.354 e. The maximum atomic E-state index is 12.5. The van der Waals surface area contributed by atoms with Crippen molar-refractivity contribution in [2.24, 2.45) is 5.73 Å². The maximum Gasteiger partial charge on any atom is 0.354 e. The monoisotopic (exact) mass is 439 g/mol. The molecule has 1 saturated carbocycles. The molecule has 2 heterocycles. The lowest BCUT2D eigenvalue weighted by Crippen LogP contribution is -2.48. The Labute approximate surface area is 188 Å². The second-order valence-electron chi connectivity index (χ2n) is 8.61. The Morgan fingerprint density at radius 2 is 1.81 bits per heavy atom. The van der Waals surface area contributed by atoms with Crippen molar-refractivity contribution in [1.29, 1.82) is 0 Å². The molecule has 1 aliphatic carbocycles. The molecule has 2 aliphatic rings. The number of hydrogen-bond donors (Lipinski definition) is 4. The van der Waals surface area contributed by atoms with Crippen LogP contribution >= 0.6 is 0 Å². The lowest BCUT2D eigenvalue weighted by Gasteiger charge is -2.27. The number of aromatic nitrogens is 2. The smallest absolute Gasteiger partial charge is 0.328 e. The van der Waals surface area contributed by atoms with Gasteiger partial charge in [-0.05, 0) is 62.4 Å². The molecule has 1 aromatic heterocycles. The summed E-state index contributed by atoms with van der Waals surface area (Å²) < 4.78 is 1.48. The number of nitrogens with zero attached hydrogens (tertiary/aromatic N) is 3. The fourth-order valence-electron chi connectivity index (χ4n) is 4.29. The molecule has 1 saturated heterocycles. The molecule has 32 heavy (non-hydrogen) atoms. The average molecular weight is 440 g/mol. The zero-order chi connectivity index (χ0) is 22.3. The third-order valence-electron chi connectivity index (χ3n) is 6.28. The van der Waals surface area contributed by atoms with E-state index in [-0.39, 0.29) is 11.8 Å². The lowest BCUT2D eigenvalue weighted by molar-refractivity contribution is 0.204. The van der Waals surface area contributed by atoms with Gasteiger partial charge in [-0.3, -0.25) is 9.88 Å². The van der Waals surface area contributed by atoms with E-state index in [4.69, 9.17) is 5.73 Å². The highest BCUT2D eigenvalue weighted by molar-refractivity contribution is 5.88. The molecule has 9 heteroatoms. The molecule has 5 N–H and O–H groups in total. The summed E-state index contributed by atoms with van der Waals surface area (Å²) in [4.78, 5) is 30.5. The summed E-state index contributed by atoms with van der Waals surface area (Å²) in [6, 6.07) is 10.3. The Morgan fingerprint density at radius 1 is 1.09 bits per heavy atom. The molecule has 9 nitrogen and oxygen atoms in total. The minimum Gasteiger partial charge on any atom is -0.328 e. The van der Waals surface area contributed by atoms with Gasteiger partial charge >= 0.3 is 11.7 Å². The number of anilines is 1. The Hall–Kier alpha value is -2.75. The van der Waals surface area contributed by atoms with Crippen LogP contribution in [-0.4, -0.2) is 65.3 Å². The molecule has 2 fully saturated rings. The van der Waals surface area contributed by atoms with Crippen molar-refractivity contribution >= 4 is 11.8 Å². The average Bonchev–Trinajstić information content (AvgIpc) is 2.82. The van der Waals surface area contributed by atoms with Crippen LogP contribution in [0.1, 0.15) is 31.2 Å². The van der Waals surface area contributed by atoms with E-state index in [1.807, 2.05) is 24.3 Å². The highest BCUT2D eigenvalue weighted by Crippen LogP contribution is 2.17. The van der Waals surface area contributed by atoms with Crippen LogP contribution < -0.4 is 27.4 Å². The quantitative estimate of drug-likeness (QED) is 0.535. The minimum atomic E-state index is -0.423. The summed E-state index contributed by atoms with van der Waals surface area (Å²) in [7, 11) is 0. The van der Waals surface area contributed by atoms with Crippen molar-refractivity contribution in [1.82, 2.24) is 25.1 Å². The van der Waals surface area contributed by atoms with E-state index >= 15 is 0 Å². The van der Waals surface area contributed by atoms with Gasteiger partial charge in [0.15, 0.2) is 0 Å². The van der Waals surface area contributed by atoms with Crippen molar-refractivity contribution in [2.45, 2.75) is 44.2 Å². The Balaban J connectivity index is 1.30. The molecular formula is C23H33N7O2. The van der Waals surface area contributed by atoms with E-state index in [1.165, 1.54) is 10.1 Å². The first kappa shape index (κ1) is 22.4.